The zero-order valence-electron chi connectivity index (χ0n) is 28.2. The summed E-state index contributed by atoms with van der Waals surface area (Å²) in [6.45, 7) is 7.04. The molecule has 3 aromatic carbocycles. The van der Waals surface area contributed by atoms with E-state index in [1.165, 1.54) is 37.6 Å². The van der Waals surface area contributed by atoms with Gasteiger partial charge in [0.1, 0.15) is 51.9 Å². The van der Waals surface area contributed by atoms with E-state index in [1.54, 1.807) is 30.3 Å². The topological polar surface area (TPSA) is 133 Å². The smallest absolute Gasteiger partial charge is 0.327 e. The zero-order chi connectivity index (χ0) is 35.4. The van der Waals surface area contributed by atoms with E-state index in [0.29, 0.717) is 24.2 Å². The van der Waals surface area contributed by atoms with Crippen molar-refractivity contribution in [1.29, 1.82) is 0 Å². The molecule has 3 heterocycles. The number of urea groups is 1. The molecule has 3 N–H and O–H groups in total. The van der Waals surface area contributed by atoms with Crippen molar-refractivity contribution in [3.63, 3.8) is 0 Å². The van der Waals surface area contributed by atoms with Crippen LogP contribution in [0.2, 0.25) is 10.0 Å². The number of likely N-dealkylation sites (N-methyl/N-ethyl adjacent to an activating group) is 1. The van der Waals surface area contributed by atoms with Crippen LogP contribution >= 0.6 is 36.7 Å². The lowest BCUT2D eigenvalue weighted by atomic mass is 10.1. The number of ether oxygens (including phenoxy) is 3. The first-order valence-electron chi connectivity index (χ1n) is 15.7. The highest BCUT2D eigenvalue weighted by Gasteiger charge is 2.32. The average Bonchev–Trinajstić information content (AvgIpc) is 3.12. The zero-order valence-corrected chi connectivity index (χ0v) is 30.7. The van der Waals surface area contributed by atoms with Gasteiger partial charge < -0.3 is 40.0 Å². The second kappa shape index (κ2) is 16.4. The molecule has 2 aliphatic heterocycles. The second-order valence-electron chi connectivity index (χ2n) is 11.7. The van der Waals surface area contributed by atoms with E-state index < -0.39 is 6.03 Å². The van der Waals surface area contributed by atoms with Crippen molar-refractivity contribution >= 4 is 83.0 Å². The number of halogens is 2. The molecule has 1 fully saturated rings. The summed E-state index contributed by atoms with van der Waals surface area (Å²) in [6, 6.07) is 15.9. The summed E-state index contributed by atoms with van der Waals surface area (Å²) in [4.78, 5) is 40.8. The molecule has 3 amide bonds. The number of carbonyl (C=O) groups is 2. The molecule has 0 radical (unpaired) electrons. The van der Waals surface area contributed by atoms with Gasteiger partial charge in [0, 0.05) is 49.2 Å². The largest absolute Gasteiger partial charge is 0.495 e. The van der Waals surface area contributed by atoms with Crippen LogP contribution in [0.4, 0.5) is 39.2 Å². The van der Waals surface area contributed by atoms with Gasteiger partial charge in [-0.3, -0.25) is 9.69 Å². The van der Waals surface area contributed by atoms with Crippen LogP contribution in [-0.2, 0) is 11.3 Å². The van der Waals surface area contributed by atoms with Crippen LogP contribution in [0.25, 0.3) is 0 Å². The Morgan fingerprint density at radius 2 is 1.71 bits per heavy atom. The van der Waals surface area contributed by atoms with Crippen LogP contribution < -0.4 is 40.0 Å². The Bertz CT molecular complexity index is 1890. The number of nitrogens with zero attached hydrogens (tertiary/aromatic N) is 5. The fourth-order valence-electron chi connectivity index (χ4n) is 5.81. The first-order chi connectivity index (χ1) is 24.2. The van der Waals surface area contributed by atoms with Gasteiger partial charge >= 0.3 is 6.03 Å². The predicted octanol–water partition coefficient (Wildman–Crippen LogP) is 6.53. The monoisotopic (exact) mass is 752 g/mol. The van der Waals surface area contributed by atoms with Gasteiger partial charge in [-0.05, 0) is 43.0 Å². The van der Waals surface area contributed by atoms with Crippen LogP contribution in [0.1, 0.15) is 5.56 Å². The molecule has 0 spiro atoms. The third kappa shape index (κ3) is 8.37. The molecule has 1 atom stereocenters. The molecule has 51 heavy (non-hydrogen) atoms. The van der Waals surface area contributed by atoms with Gasteiger partial charge in [0.15, 0.2) is 0 Å². The van der Waals surface area contributed by atoms with Crippen molar-refractivity contribution in [3.05, 3.63) is 89.2 Å². The Balaban J connectivity index is 0.00000504. The Hall–Kier alpha value is -4.89. The molecule has 268 valence electrons. The van der Waals surface area contributed by atoms with Gasteiger partial charge in [-0.1, -0.05) is 41.9 Å². The van der Waals surface area contributed by atoms with Crippen LogP contribution in [0.3, 0.4) is 0 Å². The first-order valence-corrected chi connectivity index (χ1v) is 16.4. The van der Waals surface area contributed by atoms with Gasteiger partial charge in [-0.25, -0.2) is 14.8 Å². The van der Waals surface area contributed by atoms with Gasteiger partial charge in [0.05, 0.1) is 38.2 Å². The quantitative estimate of drug-likeness (QED) is 0.154. The average molecular weight is 754 g/mol. The molecule has 6 rings (SSSR count). The Morgan fingerprint density at radius 3 is 2.39 bits per heavy atom. The number of carbonyl (C=O) groups excluding carboxylic acids is 2. The molecule has 13 nitrogen and oxygen atoms in total. The van der Waals surface area contributed by atoms with Crippen molar-refractivity contribution in [2.24, 2.45) is 0 Å². The summed E-state index contributed by atoms with van der Waals surface area (Å²) in [5.74, 6) is 1.70. The summed E-state index contributed by atoms with van der Waals surface area (Å²) in [5.41, 5.74) is 3.23. The van der Waals surface area contributed by atoms with E-state index >= 15 is 0 Å². The maximum absolute atomic E-state index is 14.1. The molecule has 0 unspecified atom stereocenters. The number of aromatic nitrogens is 2. The SMILES string of the molecule is C=CC(=O)Nc1ccc(CN(C(=O)Nc2c(Cl)c(OC)cc(OC)c2Cl)c2cc(Nc3ccc4c(c3)OC[C@@H]3CN(C)CCN43)ncn2)cc1.S. The Labute approximate surface area is 312 Å². The van der Waals surface area contributed by atoms with Crippen LogP contribution in [0.15, 0.2) is 73.6 Å². The van der Waals surface area contributed by atoms with E-state index in [1.807, 2.05) is 18.2 Å². The predicted molar refractivity (Wildman–Crippen MR) is 206 cm³/mol. The highest BCUT2D eigenvalue weighted by molar-refractivity contribution is 7.59. The van der Waals surface area contributed by atoms with Gasteiger partial charge in [-0.15, -0.1) is 0 Å². The molecule has 0 aliphatic carbocycles. The highest BCUT2D eigenvalue weighted by Crippen LogP contribution is 2.44. The molecule has 4 aromatic rings. The summed E-state index contributed by atoms with van der Waals surface area (Å²) in [7, 11) is 5.02. The summed E-state index contributed by atoms with van der Waals surface area (Å²) < 4.78 is 16.9. The number of nitrogens with one attached hydrogen (secondary N) is 3. The van der Waals surface area contributed by atoms with E-state index in [0.717, 1.165) is 42.3 Å². The number of hydrogen-bond donors (Lipinski definition) is 3. The Kier molecular flexibility index (Phi) is 12.0. The minimum Gasteiger partial charge on any atom is -0.495 e. The van der Waals surface area contributed by atoms with E-state index in [4.69, 9.17) is 37.4 Å². The van der Waals surface area contributed by atoms with Gasteiger partial charge in [0.2, 0.25) is 5.91 Å². The maximum atomic E-state index is 14.1. The molecule has 2 aliphatic rings. The second-order valence-corrected chi connectivity index (χ2v) is 12.4. The Morgan fingerprint density at radius 1 is 1.00 bits per heavy atom. The number of piperazine rings is 1. The molecule has 0 saturated carbocycles. The number of methoxy groups -OCH3 is 2. The van der Waals surface area contributed by atoms with Crippen molar-refractivity contribution in [2.45, 2.75) is 12.6 Å². The molecule has 1 aromatic heterocycles. The number of hydrogen-bond acceptors (Lipinski definition) is 10. The van der Waals surface area contributed by atoms with Crippen molar-refractivity contribution < 1.29 is 23.8 Å². The van der Waals surface area contributed by atoms with E-state index in [-0.39, 0.29) is 59.0 Å². The third-order valence-corrected chi connectivity index (χ3v) is 9.14. The fraction of sp³-hybridized carbons (Fsp3) is 0.257. The molecular formula is C35H38Cl2N8O5S. The van der Waals surface area contributed by atoms with Crippen molar-refractivity contribution in [2.75, 3.05) is 73.3 Å². The molecule has 1 saturated heterocycles. The lowest BCUT2D eigenvalue weighted by Crippen LogP contribution is -2.56. The number of amides is 3. The number of benzene rings is 3. The number of anilines is 6. The standard InChI is InChI=1S/C35H36Cl2N8O5.H2S/c1-5-31(46)41-22-8-6-21(7-9-22)17-45(35(47)42-34-32(36)27(48-3)15-28(49-4)33(34)37)30-16-29(38-20-39-30)40-23-10-11-25-26(14-23)50-19-24-18-43(2)12-13-44(24)25;/h5-11,14-16,20,24H,1,12-13,17-19H2,2-4H3,(H,41,46)(H,42,47)(H,38,39,40);1H2/t24-;/m0./s1. The fourth-order valence-corrected chi connectivity index (χ4v) is 6.40. The lowest BCUT2D eigenvalue weighted by molar-refractivity contribution is -0.111. The van der Waals surface area contributed by atoms with E-state index in [2.05, 4.69) is 49.3 Å². The van der Waals surface area contributed by atoms with Gasteiger partial charge in [-0.2, -0.15) is 13.5 Å². The maximum Gasteiger partial charge on any atom is 0.327 e. The number of rotatable bonds is 10. The summed E-state index contributed by atoms with van der Waals surface area (Å²) in [6.07, 6.45) is 2.55. The lowest BCUT2D eigenvalue weighted by Gasteiger charge is -2.44. The van der Waals surface area contributed by atoms with Crippen LogP contribution in [0.5, 0.6) is 17.2 Å². The minimum absolute atomic E-state index is 0. The molecule has 16 heteroatoms. The summed E-state index contributed by atoms with van der Waals surface area (Å²) in [5, 5.41) is 9.03. The normalized spacial score (nSPS) is 14.8. The first kappa shape index (κ1) is 37.4. The number of fused-ring (bicyclic) bond motifs is 3. The van der Waals surface area contributed by atoms with Gasteiger partial charge in [0.25, 0.3) is 0 Å². The molecule has 0 bridgehead atoms. The molecular weight excluding hydrogens is 715 g/mol. The van der Waals surface area contributed by atoms with Crippen molar-refractivity contribution in [3.8, 4) is 17.2 Å². The summed E-state index contributed by atoms with van der Waals surface area (Å²) >= 11 is 13.2. The highest BCUT2D eigenvalue weighted by atomic mass is 35.5. The van der Waals surface area contributed by atoms with Crippen LogP contribution in [0, 0.1) is 0 Å². The van der Waals surface area contributed by atoms with Crippen LogP contribution in [-0.4, -0.2) is 80.4 Å². The van der Waals surface area contributed by atoms with E-state index in [9.17, 15) is 9.59 Å². The third-order valence-electron chi connectivity index (χ3n) is 8.39. The van der Waals surface area contributed by atoms with Crippen molar-refractivity contribution in [1.82, 2.24) is 14.9 Å². The minimum atomic E-state index is -0.596.